The quantitative estimate of drug-likeness (QED) is 0.637. The Morgan fingerprint density at radius 1 is 1.06 bits per heavy atom. The van der Waals surface area contributed by atoms with Gasteiger partial charge >= 0.3 is 0 Å². The Morgan fingerprint density at radius 3 is 2.42 bits per heavy atom. The maximum absolute atomic E-state index is 15.1. The molecule has 0 amide bonds. The molecule has 31 heavy (non-hydrogen) atoms. The largest absolute Gasteiger partial charge is 0.490 e. The third-order valence-electron chi connectivity index (χ3n) is 6.22. The molecule has 2 aliphatic heterocycles. The Hall–Kier alpha value is -2.13. The van der Waals surface area contributed by atoms with Gasteiger partial charge in [0.2, 0.25) is 0 Å². The molecular weight excluding hydrogens is 436 g/mol. The van der Waals surface area contributed by atoms with Crippen molar-refractivity contribution in [3.8, 4) is 5.75 Å². The molecule has 4 nitrogen and oxygen atoms in total. The molecule has 1 saturated heterocycles. The summed E-state index contributed by atoms with van der Waals surface area (Å²) in [6.07, 6.45) is 0.959. The van der Waals surface area contributed by atoms with Gasteiger partial charge in [0.15, 0.2) is 11.6 Å². The lowest BCUT2D eigenvalue weighted by atomic mass is 9.60. The first-order valence-corrected chi connectivity index (χ1v) is 12.0. The third-order valence-corrected chi connectivity index (χ3v) is 7.19. The fraction of sp³-hybridized carbons (Fsp3) is 0.455. The van der Waals surface area contributed by atoms with Crippen LogP contribution in [0.5, 0.6) is 5.75 Å². The van der Waals surface area contributed by atoms with Gasteiger partial charge in [-0.3, -0.25) is 0 Å². The molecule has 0 bridgehead atoms. The summed E-state index contributed by atoms with van der Waals surface area (Å²) in [5.74, 6) is -3.82. The summed E-state index contributed by atoms with van der Waals surface area (Å²) in [6.45, 7) is 0.137. The lowest BCUT2D eigenvalue weighted by Crippen LogP contribution is -2.55. The summed E-state index contributed by atoms with van der Waals surface area (Å²) in [4.78, 5) is 0. The highest BCUT2D eigenvalue weighted by atomic mass is 32.2. The molecule has 0 unspecified atom stereocenters. The van der Waals surface area contributed by atoms with Gasteiger partial charge in [0.1, 0.15) is 27.3 Å². The van der Waals surface area contributed by atoms with Crippen LogP contribution in [0.25, 0.3) is 0 Å². The van der Waals surface area contributed by atoms with E-state index < -0.39 is 50.5 Å². The molecule has 0 N–H and O–H groups in total. The Bertz CT molecular complexity index is 1080. The summed E-state index contributed by atoms with van der Waals surface area (Å²) >= 11 is 0. The number of hydrogen-bond acceptors (Lipinski definition) is 4. The lowest BCUT2D eigenvalue weighted by Gasteiger charge is -2.51. The van der Waals surface area contributed by atoms with Crippen molar-refractivity contribution in [2.45, 2.75) is 30.8 Å². The number of fused-ring (bicyclic) bond motifs is 3. The molecule has 2 aromatic rings. The smallest absolute Gasteiger partial charge is 0.165 e. The van der Waals surface area contributed by atoms with E-state index >= 15 is 4.39 Å². The topological polar surface area (TPSA) is 52.6 Å². The number of ether oxygens (including phenoxy) is 2. The van der Waals surface area contributed by atoms with E-state index in [1.165, 1.54) is 12.1 Å². The van der Waals surface area contributed by atoms with Crippen molar-refractivity contribution in [3.05, 3.63) is 64.7 Å². The van der Waals surface area contributed by atoms with E-state index in [1.807, 2.05) is 0 Å². The zero-order valence-corrected chi connectivity index (χ0v) is 17.7. The first-order chi connectivity index (χ1) is 14.6. The molecule has 0 radical (unpaired) electrons. The van der Waals surface area contributed by atoms with Crippen LogP contribution in [0.4, 0.5) is 17.6 Å². The summed E-state index contributed by atoms with van der Waals surface area (Å²) in [5, 5.41) is 0. The fourth-order valence-corrected chi connectivity index (χ4v) is 5.60. The molecule has 2 heterocycles. The van der Waals surface area contributed by atoms with Gasteiger partial charge in [-0.1, -0.05) is 0 Å². The van der Waals surface area contributed by atoms with E-state index in [0.717, 1.165) is 24.5 Å². The first-order valence-electron chi connectivity index (χ1n) is 9.95. The lowest BCUT2D eigenvalue weighted by molar-refractivity contribution is -0.0963. The van der Waals surface area contributed by atoms with Crippen molar-refractivity contribution in [1.29, 1.82) is 0 Å². The van der Waals surface area contributed by atoms with Crippen molar-refractivity contribution in [2.24, 2.45) is 5.92 Å². The Morgan fingerprint density at radius 2 is 1.74 bits per heavy atom. The Kier molecular flexibility index (Phi) is 5.76. The molecule has 9 heteroatoms. The maximum Gasteiger partial charge on any atom is 0.165 e. The molecule has 1 fully saturated rings. The second-order valence-corrected chi connectivity index (χ2v) is 10.6. The van der Waals surface area contributed by atoms with E-state index in [-0.39, 0.29) is 49.5 Å². The van der Waals surface area contributed by atoms with Gasteiger partial charge in [-0.15, -0.1) is 0 Å². The molecule has 0 saturated carbocycles. The Labute approximate surface area is 178 Å². The van der Waals surface area contributed by atoms with Gasteiger partial charge in [0.25, 0.3) is 0 Å². The van der Waals surface area contributed by atoms with Crippen molar-refractivity contribution in [3.63, 3.8) is 0 Å². The van der Waals surface area contributed by atoms with E-state index in [1.54, 1.807) is 0 Å². The molecule has 4 rings (SSSR count). The predicted octanol–water partition coefficient (Wildman–Crippen LogP) is 3.96. The van der Waals surface area contributed by atoms with Crippen LogP contribution in [0.1, 0.15) is 24.0 Å². The molecule has 168 valence electrons. The van der Waals surface area contributed by atoms with Crippen LogP contribution in [0.3, 0.4) is 0 Å². The molecule has 0 spiro atoms. The van der Waals surface area contributed by atoms with Crippen molar-refractivity contribution >= 4 is 9.84 Å². The van der Waals surface area contributed by atoms with Crippen LogP contribution in [-0.2, 0) is 26.4 Å². The van der Waals surface area contributed by atoms with Gasteiger partial charge in [0.05, 0.1) is 18.5 Å². The van der Waals surface area contributed by atoms with Crippen molar-refractivity contribution in [2.75, 3.05) is 25.2 Å². The fourth-order valence-electron chi connectivity index (χ4n) is 4.94. The van der Waals surface area contributed by atoms with E-state index in [9.17, 15) is 21.6 Å². The highest BCUT2D eigenvalue weighted by Crippen LogP contribution is 2.52. The van der Waals surface area contributed by atoms with Crippen molar-refractivity contribution in [1.82, 2.24) is 0 Å². The second-order valence-electron chi connectivity index (χ2n) is 8.34. The molecule has 0 aliphatic carbocycles. The van der Waals surface area contributed by atoms with Gasteiger partial charge in [0, 0.05) is 35.8 Å². The highest BCUT2D eigenvalue weighted by molar-refractivity contribution is 7.90. The molecule has 2 aromatic carbocycles. The molecular formula is C22H22F4O4S. The van der Waals surface area contributed by atoms with Crippen LogP contribution in [-0.4, -0.2) is 39.7 Å². The Balaban J connectivity index is 1.83. The van der Waals surface area contributed by atoms with Crippen LogP contribution >= 0.6 is 0 Å². The molecule has 0 aromatic heterocycles. The van der Waals surface area contributed by atoms with Crippen LogP contribution < -0.4 is 4.74 Å². The molecule has 2 aliphatic rings. The van der Waals surface area contributed by atoms with Crippen molar-refractivity contribution < 1.29 is 35.5 Å². The summed E-state index contributed by atoms with van der Waals surface area (Å²) < 4.78 is 92.2. The zero-order valence-electron chi connectivity index (χ0n) is 16.8. The third kappa shape index (κ3) is 4.30. The number of halogens is 4. The minimum atomic E-state index is -3.28. The first kappa shape index (κ1) is 22.1. The summed E-state index contributed by atoms with van der Waals surface area (Å²) in [6, 6.07) is 5.07. The minimum Gasteiger partial charge on any atom is -0.490 e. The summed E-state index contributed by atoms with van der Waals surface area (Å²) in [7, 11) is -3.28. The normalized spacial score (nSPS) is 25.5. The molecule has 3 atom stereocenters. The second kappa shape index (κ2) is 8.09. The number of hydrogen-bond donors (Lipinski definition) is 0. The van der Waals surface area contributed by atoms with E-state index in [4.69, 9.17) is 9.47 Å². The maximum atomic E-state index is 15.1. The number of rotatable bonds is 5. The van der Waals surface area contributed by atoms with Gasteiger partial charge < -0.3 is 9.47 Å². The van der Waals surface area contributed by atoms with Gasteiger partial charge in [-0.05, 0) is 49.1 Å². The standard InChI is InChI=1S/C22H22F4O4S/c1-31(27,28)7-4-19-16-12-30-21-18(26)3-2-17(25)20(21)22(16,5-6-29-19)11-13-8-14(23)10-15(24)9-13/h2-3,8-10,16,19H,4-7,11-12H2,1H3/t16-,19-,22-/m0/s1. The SMILES string of the molecule is CS(=O)(=O)CC[C@@H]1OCC[C@@]2(Cc3cc(F)cc(F)c3)c3c(F)ccc(F)c3OC[C@@H]12. The summed E-state index contributed by atoms with van der Waals surface area (Å²) in [5.41, 5.74) is -0.760. The number of sulfone groups is 1. The number of benzene rings is 2. The van der Waals surface area contributed by atoms with Gasteiger partial charge in [-0.2, -0.15) is 0 Å². The van der Waals surface area contributed by atoms with Gasteiger partial charge in [-0.25, -0.2) is 26.0 Å². The van der Waals surface area contributed by atoms with E-state index in [0.29, 0.717) is 5.56 Å². The average Bonchev–Trinajstić information content (AvgIpc) is 2.67. The zero-order chi connectivity index (χ0) is 22.4. The minimum absolute atomic E-state index is 0.0149. The monoisotopic (exact) mass is 458 g/mol. The predicted molar refractivity (Wildman–Crippen MR) is 106 cm³/mol. The average molecular weight is 458 g/mol. The van der Waals surface area contributed by atoms with E-state index in [2.05, 4.69) is 0 Å². The highest BCUT2D eigenvalue weighted by Gasteiger charge is 2.53. The van der Waals surface area contributed by atoms with Crippen LogP contribution in [0.2, 0.25) is 0 Å². The van der Waals surface area contributed by atoms with Crippen LogP contribution in [0, 0.1) is 29.2 Å². The van der Waals surface area contributed by atoms with Crippen LogP contribution in [0.15, 0.2) is 30.3 Å².